The molecule has 6 nitrogen and oxygen atoms in total. The summed E-state index contributed by atoms with van der Waals surface area (Å²) in [5, 5.41) is 14.0. The van der Waals surface area contributed by atoms with Crippen molar-refractivity contribution in [1.82, 2.24) is 10.6 Å². The third-order valence-electron chi connectivity index (χ3n) is 2.25. The van der Waals surface area contributed by atoms with Crippen LogP contribution in [0.3, 0.4) is 0 Å². The number of nitrogens with one attached hydrogen (secondary N) is 2. The molecule has 2 atom stereocenters. The second-order valence-electron chi connectivity index (χ2n) is 3.95. The smallest absolute Gasteiger partial charge is 0.313 e. The van der Waals surface area contributed by atoms with Crippen molar-refractivity contribution in [2.45, 2.75) is 19.1 Å². The molecule has 0 saturated heterocycles. The van der Waals surface area contributed by atoms with Gasteiger partial charge in [-0.15, -0.1) is 0 Å². The lowest BCUT2D eigenvalue weighted by Crippen LogP contribution is -2.44. The molecule has 0 saturated carbocycles. The number of aliphatic hydroxyl groups is 1. The Labute approximate surface area is 105 Å². The summed E-state index contributed by atoms with van der Waals surface area (Å²) >= 11 is 0. The fourth-order valence-electron chi connectivity index (χ4n) is 1.44. The summed E-state index contributed by atoms with van der Waals surface area (Å²) in [5.74, 6) is -0.416. The van der Waals surface area contributed by atoms with Crippen LogP contribution in [0.2, 0.25) is 0 Å². The predicted octanol–water partition coefficient (Wildman–Crippen LogP) is -0.107. The molecule has 5 N–H and O–H groups in total. The van der Waals surface area contributed by atoms with Gasteiger partial charge in [-0.05, 0) is 12.5 Å². The highest BCUT2D eigenvalue weighted by Gasteiger charge is 2.21. The Morgan fingerprint density at radius 2 is 1.94 bits per heavy atom. The molecule has 0 heterocycles. The molecule has 0 fully saturated rings. The number of hydrogen-bond donors (Lipinski definition) is 4. The number of benzene rings is 1. The molecule has 0 aliphatic rings. The predicted molar refractivity (Wildman–Crippen MR) is 66.6 cm³/mol. The average Bonchev–Trinajstić information content (AvgIpc) is 2.34. The zero-order valence-electron chi connectivity index (χ0n) is 10.1. The van der Waals surface area contributed by atoms with Crippen LogP contribution in [0.4, 0.5) is 4.79 Å². The fourth-order valence-corrected chi connectivity index (χ4v) is 1.44. The van der Waals surface area contributed by atoms with Gasteiger partial charge in [-0.25, -0.2) is 4.79 Å². The van der Waals surface area contributed by atoms with E-state index in [4.69, 9.17) is 10.8 Å². The fraction of sp³-hybridized carbons (Fsp3) is 0.333. The van der Waals surface area contributed by atoms with Crippen LogP contribution >= 0.6 is 0 Å². The molecule has 0 bridgehead atoms. The Bertz CT molecular complexity index is 406. The van der Waals surface area contributed by atoms with E-state index < -0.39 is 24.1 Å². The molecular weight excluding hydrogens is 234 g/mol. The number of hydrogen-bond acceptors (Lipinski definition) is 3. The molecule has 0 aliphatic heterocycles. The molecule has 0 spiro atoms. The number of primary amides is 1. The SMILES string of the molecule is C[C@H](O)CNC(=O)C(NC(N)=O)c1ccccc1. The van der Waals surface area contributed by atoms with Crippen LogP contribution in [0.5, 0.6) is 0 Å². The first-order chi connectivity index (χ1) is 8.50. The molecule has 0 radical (unpaired) electrons. The van der Waals surface area contributed by atoms with Crippen LogP contribution in [0.25, 0.3) is 0 Å². The van der Waals surface area contributed by atoms with E-state index >= 15 is 0 Å². The molecule has 1 unspecified atom stereocenters. The minimum Gasteiger partial charge on any atom is -0.392 e. The van der Waals surface area contributed by atoms with Gasteiger partial charge in [-0.3, -0.25) is 4.79 Å². The summed E-state index contributed by atoms with van der Waals surface area (Å²) in [6.07, 6.45) is -0.654. The first-order valence-electron chi connectivity index (χ1n) is 5.57. The molecule has 6 heteroatoms. The standard InChI is InChI=1S/C12H17N3O3/c1-8(16)7-14-11(17)10(15-12(13)18)9-5-3-2-4-6-9/h2-6,8,10,16H,7H2,1H3,(H,14,17)(H3,13,15,18)/t8-,10?/m0/s1. The quantitative estimate of drug-likeness (QED) is 0.587. The minimum absolute atomic E-state index is 0.114. The summed E-state index contributed by atoms with van der Waals surface area (Å²) in [6, 6.07) is 7.10. The van der Waals surface area contributed by atoms with E-state index in [9.17, 15) is 9.59 Å². The second kappa shape index (κ2) is 6.61. The molecule has 3 amide bonds. The summed E-state index contributed by atoms with van der Waals surface area (Å²) in [4.78, 5) is 22.8. The van der Waals surface area contributed by atoms with E-state index in [-0.39, 0.29) is 6.54 Å². The van der Waals surface area contributed by atoms with Crippen LogP contribution in [-0.2, 0) is 4.79 Å². The normalized spacial score (nSPS) is 13.4. The molecule has 0 aliphatic carbocycles. The molecule has 1 aromatic carbocycles. The van der Waals surface area contributed by atoms with E-state index in [0.717, 1.165) is 0 Å². The van der Waals surface area contributed by atoms with Gasteiger partial charge in [-0.2, -0.15) is 0 Å². The zero-order valence-corrected chi connectivity index (χ0v) is 10.1. The Morgan fingerprint density at radius 3 is 2.44 bits per heavy atom. The number of carbonyl (C=O) groups is 2. The van der Waals surface area contributed by atoms with Crippen molar-refractivity contribution in [1.29, 1.82) is 0 Å². The molecule has 1 rings (SSSR count). The second-order valence-corrected chi connectivity index (χ2v) is 3.95. The number of amides is 3. The van der Waals surface area contributed by atoms with Crippen LogP contribution in [-0.4, -0.2) is 29.7 Å². The number of rotatable bonds is 5. The number of aliphatic hydroxyl groups excluding tert-OH is 1. The molecule has 98 valence electrons. The third kappa shape index (κ3) is 4.42. The van der Waals surface area contributed by atoms with Gasteiger partial charge >= 0.3 is 6.03 Å². The average molecular weight is 251 g/mol. The van der Waals surface area contributed by atoms with Gasteiger partial charge in [0.2, 0.25) is 5.91 Å². The van der Waals surface area contributed by atoms with Gasteiger partial charge in [0.05, 0.1) is 6.10 Å². The topological polar surface area (TPSA) is 104 Å². The maximum absolute atomic E-state index is 11.9. The lowest BCUT2D eigenvalue weighted by Gasteiger charge is -2.18. The number of urea groups is 1. The monoisotopic (exact) mass is 251 g/mol. The van der Waals surface area contributed by atoms with Crippen LogP contribution in [0.1, 0.15) is 18.5 Å². The molecular formula is C12H17N3O3. The highest BCUT2D eigenvalue weighted by molar-refractivity contribution is 5.87. The molecule has 0 aromatic heterocycles. The summed E-state index contributed by atoms with van der Waals surface area (Å²) < 4.78 is 0. The van der Waals surface area contributed by atoms with Crippen molar-refractivity contribution in [2.24, 2.45) is 5.73 Å². The minimum atomic E-state index is -0.859. The van der Waals surface area contributed by atoms with Crippen LogP contribution < -0.4 is 16.4 Å². The first kappa shape index (κ1) is 14.0. The van der Waals surface area contributed by atoms with Crippen LogP contribution in [0, 0.1) is 0 Å². The van der Waals surface area contributed by atoms with Gasteiger partial charge < -0.3 is 21.5 Å². The van der Waals surface area contributed by atoms with Gasteiger partial charge in [0.15, 0.2) is 0 Å². The van der Waals surface area contributed by atoms with E-state index in [1.54, 1.807) is 37.3 Å². The third-order valence-corrected chi connectivity index (χ3v) is 2.25. The Balaban J connectivity index is 2.78. The number of carbonyl (C=O) groups excluding carboxylic acids is 2. The lowest BCUT2D eigenvalue weighted by atomic mass is 10.1. The van der Waals surface area contributed by atoms with E-state index in [0.29, 0.717) is 5.56 Å². The van der Waals surface area contributed by atoms with Gasteiger partial charge in [0.1, 0.15) is 6.04 Å². The van der Waals surface area contributed by atoms with E-state index in [1.807, 2.05) is 0 Å². The first-order valence-corrected chi connectivity index (χ1v) is 5.57. The summed E-state index contributed by atoms with van der Waals surface area (Å²) in [5.41, 5.74) is 5.67. The van der Waals surface area contributed by atoms with Crippen molar-refractivity contribution < 1.29 is 14.7 Å². The maximum Gasteiger partial charge on any atom is 0.313 e. The van der Waals surface area contributed by atoms with E-state index in [1.165, 1.54) is 0 Å². The highest BCUT2D eigenvalue weighted by Crippen LogP contribution is 2.12. The van der Waals surface area contributed by atoms with Crippen molar-refractivity contribution in [3.63, 3.8) is 0 Å². The highest BCUT2D eigenvalue weighted by atomic mass is 16.3. The molecule has 18 heavy (non-hydrogen) atoms. The summed E-state index contributed by atoms with van der Waals surface area (Å²) in [6.45, 7) is 1.67. The lowest BCUT2D eigenvalue weighted by molar-refractivity contribution is -0.123. The maximum atomic E-state index is 11.9. The Kier molecular flexibility index (Phi) is 5.13. The van der Waals surface area contributed by atoms with Gasteiger partial charge in [0.25, 0.3) is 0 Å². The van der Waals surface area contributed by atoms with Crippen molar-refractivity contribution in [2.75, 3.05) is 6.54 Å². The van der Waals surface area contributed by atoms with Crippen LogP contribution in [0.15, 0.2) is 30.3 Å². The van der Waals surface area contributed by atoms with Gasteiger partial charge in [-0.1, -0.05) is 30.3 Å². The Hall–Kier alpha value is -2.08. The summed E-state index contributed by atoms with van der Waals surface area (Å²) in [7, 11) is 0. The zero-order chi connectivity index (χ0) is 13.5. The molecule has 1 aromatic rings. The van der Waals surface area contributed by atoms with Crippen molar-refractivity contribution in [3.8, 4) is 0 Å². The number of nitrogens with two attached hydrogens (primary N) is 1. The van der Waals surface area contributed by atoms with Gasteiger partial charge in [0, 0.05) is 6.54 Å². The van der Waals surface area contributed by atoms with E-state index in [2.05, 4.69) is 10.6 Å². The van der Waals surface area contributed by atoms with Crippen molar-refractivity contribution >= 4 is 11.9 Å². The van der Waals surface area contributed by atoms with Crippen molar-refractivity contribution in [3.05, 3.63) is 35.9 Å². The largest absolute Gasteiger partial charge is 0.392 e. The Morgan fingerprint density at radius 1 is 1.33 bits per heavy atom.